The first-order chi connectivity index (χ1) is 64.8. The van der Waals surface area contributed by atoms with Crippen LogP contribution in [-0.4, -0.2) is 0 Å². The highest BCUT2D eigenvalue weighted by atomic mass is 16.3. The van der Waals surface area contributed by atoms with Crippen LogP contribution in [0.1, 0.15) is 100 Å². The number of aryl methyl sites for hydroxylation is 2. The molecule has 2 aliphatic carbocycles. The summed E-state index contributed by atoms with van der Waals surface area (Å²) < 4.78 is 7.19. The van der Waals surface area contributed by atoms with E-state index < -0.39 is 0 Å². The van der Waals surface area contributed by atoms with Crippen LogP contribution in [0.4, 0.5) is 51.2 Å². The normalized spacial score (nSPS) is 12.4. The van der Waals surface area contributed by atoms with Crippen molar-refractivity contribution in [1.29, 1.82) is 0 Å². The number of rotatable bonds is 28. The van der Waals surface area contributed by atoms with Crippen molar-refractivity contribution in [3.63, 3.8) is 0 Å². The van der Waals surface area contributed by atoms with Crippen LogP contribution in [0, 0.1) is 0 Å². The second-order valence-electron chi connectivity index (χ2n) is 35.8. The lowest BCUT2D eigenvalue weighted by Crippen LogP contribution is -2.25. The van der Waals surface area contributed by atoms with Crippen molar-refractivity contribution < 1.29 is 4.42 Å². The third kappa shape index (κ3) is 16.1. The van der Waals surface area contributed by atoms with Gasteiger partial charge in [0, 0.05) is 72.9 Å². The largest absolute Gasteiger partial charge is 0.455 e. The summed E-state index contributed by atoms with van der Waals surface area (Å²) >= 11 is 0. The van der Waals surface area contributed by atoms with Crippen LogP contribution in [0.5, 0.6) is 0 Å². The molecule has 0 atom stereocenters. The van der Waals surface area contributed by atoms with Gasteiger partial charge in [-0.2, -0.15) is 0 Å². The molecule has 4 nitrogen and oxygen atoms in total. The lowest BCUT2D eigenvalue weighted by atomic mass is 9.70. The minimum atomic E-state index is -0.106. The van der Waals surface area contributed by atoms with E-state index in [1.54, 1.807) is 0 Å². The average molecular weight is 1690 g/mol. The molecule has 2 aliphatic rings. The Morgan fingerprint density at radius 2 is 0.565 bits per heavy atom. The van der Waals surface area contributed by atoms with Crippen molar-refractivity contribution in [1.82, 2.24) is 0 Å². The lowest BCUT2D eigenvalue weighted by Gasteiger charge is -2.33. The molecule has 0 unspecified atom stereocenters. The second-order valence-corrected chi connectivity index (χ2v) is 35.8. The van der Waals surface area contributed by atoms with Crippen molar-refractivity contribution in [3.8, 4) is 111 Å². The highest BCUT2D eigenvalue weighted by molar-refractivity contribution is 6.18. The highest BCUT2D eigenvalue weighted by Gasteiger charge is 2.45. The van der Waals surface area contributed by atoms with E-state index in [4.69, 9.17) is 4.42 Å². The molecule has 22 rings (SSSR count). The summed E-state index contributed by atoms with van der Waals surface area (Å²) in [6.07, 6.45) is 14.4. The monoisotopic (exact) mass is 1690 g/mol. The number of hydrogen-bond donors (Lipinski definition) is 0. The topological polar surface area (TPSA) is 22.9 Å². The molecule has 632 valence electrons. The number of unbranched alkanes of at least 4 members (excludes halogenated alkanes) is 6. The first-order valence-corrected chi connectivity index (χ1v) is 47.1. The van der Waals surface area contributed by atoms with Crippen LogP contribution in [0.25, 0.3) is 144 Å². The minimum Gasteiger partial charge on any atom is -0.455 e. The molecular formula is C127H103N3O. The molecule has 1 aromatic heterocycles. The number of benzene rings is 19. The lowest BCUT2D eigenvalue weighted by molar-refractivity contribution is 0.401. The van der Waals surface area contributed by atoms with E-state index in [1.165, 1.54) is 162 Å². The summed E-state index contributed by atoms with van der Waals surface area (Å²) in [5.41, 5.74) is 41.3. The standard InChI is InChI=1S/C127H103N3O/c1-3-5-7-21-80-127(81-22-8-6-4-2)121-40-19-17-38-118(121)125-122(127)87-120(124-119-39-18-20-41-123(119)131-126(124)125)99-61-77-114(78-62-99)129(109-63-46-91(47-64-109)88-26-11-9-12-27-88)112-69-52-95(53-70-112)104-35-24-34-103(83-104)93-48-65-110(66-49-93)128(113-71-58-98(59-72-113)107-44-42-90-30-15-16-31-100(90)85-107)111-67-50-94(51-68-111)105-36-25-37-106(84-105)97-56-75-116(76-57-97)130(117-79-60-92-43-45-108(92)86-117)115-73-54-96(55-74-115)102-33-23-32-101(82-102)89-28-13-10-14-29-89/h9-20,23-42,44,46-79,82-87H,3-8,21-22,43,45,80-81H2,1-2H3. The van der Waals surface area contributed by atoms with E-state index in [0.717, 1.165) is 132 Å². The Balaban J connectivity index is 0.553. The number of nitrogens with zero attached hydrogens (tertiary/aromatic N) is 3. The number of anilines is 9. The van der Waals surface area contributed by atoms with Gasteiger partial charge in [-0.25, -0.2) is 0 Å². The summed E-state index contributed by atoms with van der Waals surface area (Å²) in [4.78, 5) is 7.20. The molecule has 4 heteroatoms. The van der Waals surface area contributed by atoms with Gasteiger partial charge in [0.05, 0.1) is 0 Å². The maximum Gasteiger partial charge on any atom is 0.144 e. The summed E-state index contributed by atoms with van der Waals surface area (Å²) in [5.74, 6) is 0. The molecule has 0 saturated carbocycles. The Morgan fingerprint density at radius 3 is 0.992 bits per heavy atom. The number of para-hydroxylation sites is 1. The Bertz CT molecular complexity index is 7470. The predicted molar refractivity (Wildman–Crippen MR) is 555 cm³/mol. The maximum absolute atomic E-state index is 7.19. The molecular weight excluding hydrogens is 1580 g/mol. The summed E-state index contributed by atoms with van der Waals surface area (Å²) in [6, 6.07) is 164. The number of hydrogen-bond acceptors (Lipinski definition) is 4. The van der Waals surface area contributed by atoms with Gasteiger partial charge in [0.15, 0.2) is 0 Å². The molecule has 0 spiro atoms. The van der Waals surface area contributed by atoms with Crippen LogP contribution in [0.15, 0.2) is 447 Å². The third-order valence-corrected chi connectivity index (χ3v) is 27.8. The molecule has 0 radical (unpaired) electrons. The Hall–Kier alpha value is -15.4. The molecule has 0 fully saturated rings. The van der Waals surface area contributed by atoms with E-state index in [0.29, 0.717) is 0 Å². The first kappa shape index (κ1) is 81.4. The number of fused-ring (bicyclic) bond motifs is 9. The summed E-state index contributed by atoms with van der Waals surface area (Å²) in [7, 11) is 0. The van der Waals surface area contributed by atoms with Crippen LogP contribution < -0.4 is 14.7 Å². The van der Waals surface area contributed by atoms with Gasteiger partial charge in [-0.3, -0.25) is 0 Å². The van der Waals surface area contributed by atoms with Crippen LogP contribution >= 0.6 is 0 Å². The predicted octanol–water partition coefficient (Wildman–Crippen LogP) is 36.5. The van der Waals surface area contributed by atoms with Crippen molar-refractivity contribution in [2.45, 2.75) is 96.3 Å². The Kier molecular flexibility index (Phi) is 22.4. The first-order valence-electron chi connectivity index (χ1n) is 47.1. The molecule has 20 aromatic rings. The molecule has 131 heavy (non-hydrogen) atoms. The zero-order chi connectivity index (χ0) is 87.6. The highest BCUT2D eigenvalue weighted by Crippen LogP contribution is 2.59. The van der Waals surface area contributed by atoms with Crippen LogP contribution in [0.3, 0.4) is 0 Å². The molecule has 19 aromatic carbocycles. The van der Waals surface area contributed by atoms with Gasteiger partial charge in [-0.05, 0) is 310 Å². The van der Waals surface area contributed by atoms with Gasteiger partial charge < -0.3 is 19.1 Å². The summed E-state index contributed by atoms with van der Waals surface area (Å²) in [5, 5.41) is 4.81. The van der Waals surface area contributed by atoms with Crippen molar-refractivity contribution in [3.05, 3.63) is 465 Å². The van der Waals surface area contributed by atoms with Crippen LogP contribution in [0.2, 0.25) is 0 Å². The van der Waals surface area contributed by atoms with Crippen molar-refractivity contribution in [2.24, 2.45) is 0 Å². The fraction of sp³-hybridized carbons (Fsp3) is 0.118. The number of furan rings is 1. The zero-order valence-electron chi connectivity index (χ0n) is 74.4. The Morgan fingerprint density at radius 1 is 0.229 bits per heavy atom. The van der Waals surface area contributed by atoms with Gasteiger partial charge in [-0.1, -0.05) is 362 Å². The molecule has 1 heterocycles. The smallest absolute Gasteiger partial charge is 0.144 e. The van der Waals surface area contributed by atoms with E-state index in [2.05, 4.69) is 471 Å². The van der Waals surface area contributed by atoms with Crippen molar-refractivity contribution >= 4 is 83.9 Å². The van der Waals surface area contributed by atoms with E-state index in [9.17, 15) is 0 Å². The van der Waals surface area contributed by atoms with E-state index in [1.807, 2.05) is 0 Å². The van der Waals surface area contributed by atoms with Gasteiger partial charge >= 0.3 is 0 Å². The third-order valence-electron chi connectivity index (χ3n) is 27.8. The summed E-state index contributed by atoms with van der Waals surface area (Å²) in [6.45, 7) is 4.65. The molecule has 0 N–H and O–H groups in total. The fourth-order valence-electron chi connectivity index (χ4n) is 20.7. The average Bonchev–Trinajstić information content (AvgIpc) is 1.53. The van der Waals surface area contributed by atoms with E-state index >= 15 is 0 Å². The molecule has 0 aliphatic heterocycles. The zero-order valence-corrected chi connectivity index (χ0v) is 74.4. The van der Waals surface area contributed by atoms with E-state index in [-0.39, 0.29) is 5.41 Å². The van der Waals surface area contributed by atoms with Crippen LogP contribution in [-0.2, 0) is 18.3 Å². The van der Waals surface area contributed by atoms with Gasteiger partial charge in [0.2, 0.25) is 0 Å². The molecule has 0 saturated heterocycles. The molecule has 0 amide bonds. The SMILES string of the molecule is CCCCCCC1(CCCCCC)c2ccccc2-c2c1cc(-c1ccc(N(c3ccc(-c4ccccc4)cc3)c3ccc(-c4cccc(-c5ccc(N(c6ccc(-c7cccc(-c8ccc(N(c9ccc(-c%10cccc(-c%11ccccc%11)c%10)cc9)c9ccc%10c(c9)CC%10)cc8)c7)cc6)c6ccc(-c7ccc8ccccc8c7)cc6)cc5)c4)cc3)cc1)c1c2oc2ccccc21. The molecule has 0 bridgehead atoms. The minimum absolute atomic E-state index is 0.106. The maximum atomic E-state index is 7.19. The van der Waals surface area contributed by atoms with Gasteiger partial charge in [-0.15, -0.1) is 0 Å². The quantitative estimate of drug-likeness (QED) is 0.0456. The fourth-order valence-corrected chi connectivity index (χ4v) is 20.7. The Labute approximate surface area is 770 Å². The second kappa shape index (κ2) is 36.1. The van der Waals surface area contributed by atoms with Gasteiger partial charge in [0.25, 0.3) is 0 Å². The van der Waals surface area contributed by atoms with Crippen molar-refractivity contribution in [2.75, 3.05) is 14.7 Å². The van der Waals surface area contributed by atoms with Gasteiger partial charge in [0.1, 0.15) is 11.2 Å².